The molecule has 0 fully saturated rings. The number of ether oxygens (including phenoxy) is 1. The Kier molecular flexibility index (Phi) is 6.48. The number of ketones is 1. The normalized spacial score (nSPS) is 10.4. The Balaban J connectivity index is 1.74. The zero-order valence-corrected chi connectivity index (χ0v) is 13.5. The van der Waals surface area contributed by atoms with Crippen LogP contribution in [0.4, 0.5) is 14.9 Å². The van der Waals surface area contributed by atoms with Crippen LogP contribution < -0.4 is 5.32 Å². The molecule has 0 spiro atoms. The van der Waals surface area contributed by atoms with Crippen LogP contribution in [0.5, 0.6) is 0 Å². The average Bonchev–Trinajstić information content (AvgIpc) is 2.98. The van der Waals surface area contributed by atoms with Crippen LogP contribution in [0.15, 0.2) is 36.7 Å². The van der Waals surface area contributed by atoms with Gasteiger partial charge in [-0.15, -0.1) is 0 Å². The van der Waals surface area contributed by atoms with Gasteiger partial charge in [0.05, 0.1) is 11.9 Å². The van der Waals surface area contributed by atoms with Crippen LogP contribution in [0.1, 0.15) is 31.7 Å². The third kappa shape index (κ3) is 5.83. The molecule has 0 atom stereocenters. The number of unbranched alkanes of at least 4 members (excludes halogenated alkanes) is 1. The number of anilines is 1. The first-order chi connectivity index (χ1) is 11.5. The Hall–Kier alpha value is -2.70. The van der Waals surface area contributed by atoms with E-state index in [2.05, 4.69) is 10.4 Å². The summed E-state index contributed by atoms with van der Waals surface area (Å²) in [6, 6.07) is 6.12. The summed E-state index contributed by atoms with van der Waals surface area (Å²) in [5.41, 5.74) is 0.814. The Morgan fingerprint density at radius 1 is 1.29 bits per heavy atom. The molecule has 1 aromatic carbocycles. The predicted octanol–water partition coefficient (Wildman–Crippen LogP) is 3.53. The molecule has 1 heterocycles. The van der Waals surface area contributed by atoms with Gasteiger partial charge in [0, 0.05) is 24.7 Å². The molecule has 128 valence electrons. The summed E-state index contributed by atoms with van der Waals surface area (Å²) < 4.78 is 20.1. The van der Waals surface area contributed by atoms with Crippen LogP contribution >= 0.6 is 0 Å². The largest absolute Gasteiger partial charge is 0.444 e. The van der Waals surface area contributed by atoms with E-state index in [0.717, 1.165) is 12.8 Å². The molecule has 6 nitrogen and oxygen atoms in total. The third-order valence-electron chi connectivity index (χ3n) is 3.36. The fourth-order valence-electron chi connectivity index (χ4n) is 2.11. The Morgan fingerprint density at radius 3 is 2.83 bits per heavy atom. The number of carbonyl (C=O) groups is 2. The Morgan fingerprint density at radius 2 is 2.08 bits per heavy atom. The maximum atomic E-state index is 13.4. The van der Waals surface area contributed by atoms with Gasteiger partial charge in [-0.2, -0.15) is 5.10 Å². The van der Waals surface area contributed by atoms with Crippen molar-refractivity contribution >= 4 is 17.6 Å². The van der Waals surface area contributed by atoms with Gasteiger partial charge < -0.3 is 9.53 Å². The molecular formula is C17H20FN3O3. The first-order valence-electron chi connectivity index (χ1n) is 7.73. The van der Waals surface area contributed by atoms with Gasteiger partial charge in [0.1, 0.15) is 18.2 Å². The van der Waals surface area contributed by atoms with E-state index in [1.54, 1.807) is 36.0 Å². The lowest BCUT2D eigenvalue weighted by Gasteiger charge is -2.06. The summed E-state index contributed by atoms with van der Waals surface area (Å²) in [6.45, 7) is 2.10. The number of rotatable bonds is 8. The van der Waals surface area contributed by atoms with E-state index >= 15 is 0 Å². The van der Waals surface area contributed by atoms with Crippen LogP contribution in [0.25, 0.3) is 0 Å². The van der Waals surface area contributed by atoms with Gasteiger partial charge in [-0.1, -0.05) is 18.2 Å². The van der Waals surface area contributed by atoms with E-state index in [1.807, 2.05) is 0 Å². The number of hydrogen-bond acceptors (Lipinski definition) is 4. The van der Waals surface area contributed by atoms with Crippen molar-refractivity contribution in [2.75, 3.05) is 5.32 Å². The molecule has 0 bridgehead atoms. The minimum absolute atomic E-state index is 0.141. The van der Waals surface area contributed by atoms with Crippen molar-refractivity contribution in [3.63, 3.8) is 0 Å². The molecule has 1 aromatic heterocycles. The van der Waals surface area contributed by atoms with Crippen molar-refractivity contribution in [3.05, 3.63) is 48.0 Å². The lowest BCUT2D eigenvalue weighted by Crippen LogP contribution is -2.13. The molecule has 0 aliphatic heterocycles. The average molecular weight is 333 g/mol. The summed E-state index contributed by atoms with van der Waals surface area (Å²) in [7, 11) is 0. The summed E-state index contributed by atoms with van der Waals surface area (Å²) in [4.78, 5) is 22.6. The van der Waals surface area contributed by atoms with Crippen LogP contribution in [0, 0.1) is 5.82 Å². The number of aryl methyl sites for hydroxylation is 1. The molecule has 1 N–H and O–H groups in total. The molecular weight excluding hydrogens is 313 g/mol. The first-order valence-corrected chi connectivity index (χ1v) is 7.73. The zero-order valence-electron chi connectivity index (χ0n) is 13.5. The quantitative estimate of drug-likeness (QED) is 0.750. The molecule has 0 aliphatic carbocycles. The zero-order chi connectivity index (χ0) is 17.4. The highest BCUT2D eigenvalue weighted by atomic mass is 19.1. The lowest BCUT2D eigenvalue weighted by atomic mass is 10.2. The highest BCUT2D eigenvalue weighted by Gasteiger charge is 2.08. The molecule has 0 aliphatic rings. The summed E-state index contributed by atoms with van der Waals surface area (Å²) in [6.07, 6.45) is 4.72. The number of aromatic nitrogens is 2. The summed E-state index contributed by atoms with van der Waals surface area (Å²) >= 11 is 0. The van der Waals surface area contributed by atoms with Crippen LogP contribution in [0.3, 0.4) is 0 Å². The number of nitrogens with one attached hydrogen (secondary N) is 1. The number of benzene rings is 1. The van der Waals surface area contributed by atoms with Crippen LogP contribution in [-0.2, 0) is 22.7 Å². The standard InChI is InChI=1S/C17H20FN3O3/c1-13(22)6-4-5-9-21-11-15(10-19-21)20-17(23)24-12-14-7-2-3-8-16(14)18/h2-3,7-8,10-11H,4-6,9,12H2,1H3,(H,20,23). The van der Waals surface area contributed by atoms with E-state index < -0.39 is 11.9 Å². The highest BCUT2D eigenvalue weighted by Crippen LogP contribution is 2.10. The first kappa shape index (κ1) is 17.7. The maximum Gasteiger partial charge on any atom is 0.412 e. The second kappa shape index (κ2) is 8.81. The van der Waals surface area contributed by atoms with Gasteiger partial charge in [-0.3, -0.25) is 10.00 Å². The second-order valence-electron chi connectivity index (χ2n) is 5.44. The Labute approximate surface area is 139 Å². The highest BCUT2D eigenvalue weighted by molar-refractivity contribution is 5.84. The van der Waals surface area contributed by atoms with Crippen LogP contribution in [0.2, 0.25) is 0 Å². The minimum Gasteiger partial charge on any atom is -0.444 e. The van der Waals surface area contributed by atoms with Crippen molar-refractivity contribution in [1.29, 1.82) is 0 Å². The van der Waals surface area contributed by atoms with Crippen molar-refractivity contribution in [2.45, 2.75) is 39.3 Å². The van der Waals surface area contributed by atoms with Gasteiger partial charge in [0.25, 0.3) is 0 Å². The lowest BCUT2D eigenvalue weighted by molar-refractivity contribution is -0.117. The van der Waals surface area contributed by atoms with E-state index in [4.69, 9.17) is 4.74 Å². The third-order valence-corrected chi connectivity index (χ3v) is 3.36. The number of hydrogen-bond donors (Lipinski definition) is 1. The SMILES string of the molecule is CC(=O)CCCCn1cc(NC(=O)OCc2ccccc2F)cn1. The van der Waals surface area contributed by atoms with Gasteiger partial charge in [-0.05, 0) is 25.8 Å². The van der Waals surface area contributed by atoms with Gasteiger partial charge in [0.2, 0.25) is 0 Å². The van der Waals surface area contributed by atoms with Crippen molar-refractivity contribution < 1.29 is 18.7 Å². The molecule has 0 unspecified atom stereocenters. The van der Waals surface area contributed by atoms with E-state index in [9.17, 15) is 14.0 Å². The maximum absolute atomic E-state index is 13.4. The molecule has 1 amide bonds. The van der Waals surface area contributed by atoms with Gasteiger partial charge >= 0.3 is 6.09 Å². The predicted molar refractivity (Wildman–Crippen MR) is 87.0 cm³/mol. The minimum atomic E-state index is -0.672. The monoisotopic (exact) mass is 333 g/mol. The summed E-state index contributed by atoms with van der Waals surface area (Å²) in [5, 5.41) is 6.66. The van der Waals surface area contributed by atoms with E-state index in [0.29, 0.717) is 24.2 Å². The molecule has 0 radical (unpaired) electrons. The molecule has 0 saturated heterocycles. The van der Waals surface area contributed by atoms with Gasteiger partial charge in [-0.25, -0.2) is 9.18 Å². The number of nitrogens with zero attached hydrogens (tertiary/aromatic N) is 2. The molecule has 24 heavy (non-hydrogen) atoms. The molecule has 2 rings (SSSR count). The fraction of sp³-hybridized carbons (Fsp3) is 0.353. The Bertz CT molecular complexity index is 700. The number of carbonyl (C=O) groups excluding carboxylic acids is 2. The fourth-order valence-corrected chi connectivity index (χ4v) is 2.11. The van der Waals surface area contributed by atoms with Crippen molar-refractivity contribution in [2.24, 2.45) is 0 Å². The number of halogens is 1. The number of amides is 1. The van der Waals surface area contributed by atoms with E-state index in [1.165, 1.54) is 12.3 Å². The molecule has 2 aromatic rings. The van der Waals surface area contributed by atoms with E-state index in [-0.39, 0.29) is 12.4 Å². The molecule has 0 saturated carbocycles. The van der Waals surface area contributed by atoms with Crippen molar-refractivity contribution in [1.82, 2.24) is 9.78 Å². The van der Waals surface area contributed by atoms with Crippen molar-refractivity contribution in [3.8, 4) is 0 Å². The number of Topliss-reactive ketones (excluding diaryl/α,β-unsaturated/α-hetero) is 1. The van der Waals surface area contributed by atoms with Gasteiger partial charge in [0.15, 0.2) is 0 Å². The van der Waals surface area contributed by atoms with Crippen LogP contribution in [-0.4, -0.2) is 21.7 Å². The molecule has 7 heteroatoms. The summed E-state index contributed by atoms with van der Waals surface area (Å²) in [5.74, 6) is -0.237. The second-order valence-corrected chi connectivity index (χ2v) is 5.44. The topological polar surface area (TPSA) is 73.2 Å². The smallest absolute Gasteiger partial charge is 0.412 e.